The van der Waals surface area contributed by atoms with Gasteiger partial charge in [-0.25, -0.2) is 0 Å². The lowest BCUT2D eigenvalue weighted by Crippen LogP contribution is -2.45. The van der Waals surface area contributed by atoms with E-state index >= 15 is 0 Å². The third kappa shape index (κ3) is 1.69. The van der Waals surface area contributed by atoms with E-state index in [1.807, 2.05) is 23.1 Å². The second-order valence-corrected chi connectivity index (χ2v) is 4.90. The molecule has 2 fully saturated rings. The molecule has 0 radical (unpaired) electrons. The minimum absolute atomic E-state index is 0.222. The maximum absolute atomic E-state index is 11.9. The monoisotopic (exact) mass is 262 g/mol. The number of rotatable bonds is 3. The molecule has 5 heteroatoms. The van der Waals surface area contributed by atoms with Crippen LogP contribution in [0.1, 0.15) is 18.4 Å². The van der Waals surface area contributed by atoms with Crippen LogP contribution in [0.3, 0.4) is 0 Å². The topological polar surface area (TPSA) is 50.8 Å². The van der Waals surface area contributed by atoms with Gasteiger partial charge in [0.05, 0.1) is 14.2 Å². The first-order valence-electron chi connectivity index (χ1n) is 6.49. The van der Waals surface area contributed by atoms with Gasteiger partial charge in [-0.15, -0.1) is 0 Å². The summed E-state index contributed by atoms with van der Waals surface area (Å²) < 4.78 is 10.6. The molecule has 0 aromatic heterocycles. The zero-order valence-electron chi connectivity index (χ0n) is 11.2. The van der Waals surface area contributed by atoms with Crippen LogP contribution in [0.4, 0.5) is 0 Å². The molecule has 2 saturated heterocycles. The lowest BCUT2D eigenvalue weighted by atomic mass is 9.97. The van der Waals surface area contributed by atoms with Gasteiger partial charge >= 0.3 is 0 Å². The second-order valence-electron chi connectivity index (χ2n) is 4.90. The summed E-state index contributed by atoms with van der Waals surface area (Å²) in [5.41, 5.74) is 0.713. The van der Waals surface area contributed by atoms with E-state index in [4.69, 9.17) is 9.47 Å². The van der Waals surface area contributed by atoms with Gasteiger partial charge in [0, 0.05) is 19.5 Å². The molecular weight excluding hydrogens is 244 g/mol. The predicted octanol–water partition coefficient (Wildman–Crippen LogP) is 1.08. The Balaban J connectivity index is 2.04. The van der Waals surface area contributed by atoms with Crippen LogP contribution in [-0.2, 0) is 10.5 Å². The summed E-state index contributed by atoms with van der Waals surface area (Å²) in [4.78, 5) is 13.9. The van der Waals surface area contributed by atoms with Crippen molar-refractivity contribution in [2.24, 2.45) is 0 Å². The van der Waals surface area contributed by atoms with Crippen LogP contribution in [0.25, 0.3) is 0 Å². The molecule has 1 atom stereocenters. The summed E-state index contributed by atoms with van der Waals surface area (Å²) >= 11 is 0. The van der Waals surface area contributed by atoms with Gasteiger partial charge in [0.15, 0.2) is 11.5 Å². The van der Waals surface area contributed by atoms with Gasteiger partial charge in [-0.3, -0.25) is 10.1 Å². The molecule has 0 aliphatic carbocycles. The smallest absolute Gasteiger partial charge is 0.224 e. The van der Waals surface area contributed by atoms with Crippen LogP contribution >= 0.6 is 0 Å². The van der Waals surface area contributed by atoms with Crippen LogP contribution in [0.15, 0.2) is 18.2 Å². The molecule has 1 aromatic rings. The van der Waals surface area contributed by atoms with Crippen molar-refractivity contribution in [2.75, 3.05) is 27.3 Å². The Labute approximate surface area is 112 Å². The van der Waals surface area contributed by atoms with E-state index in [1.165, 1.54) is 0 Å². The SMILES string of the molecule is COc1ccc([C@]23CCC(=O)N2CCN3)cc1OC. The first kappa shape index (κ1) is 12.3. The highest BCUT2D eigenvalue weighted by molar-refractivity contribution is 5.80. The number of methoxy groups -OCH3 is 2. The Hall–Kier alpha value is -1.75. The number of amides is 1. The highest BCUT2D eigenvalue weighted by Crippen LogP contribution is 2.42. The van der Waals surface area contributed by atoms with Crippen molar-refractivity contribution in [3.8, 4) is 11.5 Å². The quantitative estimate of drug-likeness (QED) is 0.885. The maximum Gasteiger partial charge on any atom is 0.224 e. The number of carbonyl (C=O) groups excluding carboxylic acids is 1. The van der Waals surface area contributed by atoms with Crippen molar-refractivity contribution in [2.45, 2.75) is 18.5 Å². The molecule has 3 rings (SSSR count). The van der Waals surface area contributed by atoms with Crippen LogP contribution in [0.2, 0.25) is 0 Å². The average molecular weight is 262 g/mol. The normalized spacial score (nSPS) is 25.6. The van der Waals surface area contributed by atoms with Crippen LogP contribution < -0.4 is 14.8 Å². The van der Waals surface area contributed by atoms with Crippen molar-refractivity contribution in [1.29, 1.82) is 0 Å². The Morgan fingerprint density at radius 2 is 2.05 bits per heavy atom. The summed E-state index contributed by atoms with van der Waals surface area (Å²) in [5, 5.41) is 3.48. The fraction of sp³-hybridized carbons (Fsp3) is 0.500. The second kappa shape index (κ2) is 4.42. The van der Waals surface area contributed by atoms with Crippen molar-refractivity contribution in [3.63, 3.8) is 0 Å². The van der Waals surface area contributed by atoms with Gasteiger partial charge in [-0.1, -0.05) is 6.07 Å². The van der Waals surface area contributed by atoms with Crippen molar-refractivity contribution in [1.82, 2.24) is 10.2 Å². The maximum atomic E-state index is 11.9. The standard InChI is InChI=1S/C14H18N2O3/c1-18-11-4-3-10(9-12(11)19-2)14-6-5-13(17)16(14)8-7-15-14/h3-4,9,15H,5-8H2,1-2H3/t14-/m0/s1. The summed E-state index contributed by atoms with van der Waals surface area (Å²) in [5.74, 6) is 1.62. The number of hydrogen-bond donors (Lipinski definition) is 1. The average Bonchev–Trinajstić information content (AvgIpc) is 3.00. The van der Waals surface area contributed by atoms with Gasteiger partial charge in [-0.05, 0) is 24.1 Å². The molecule has 2 aliphatic heterocycles. The van der Waals surface area contributed by atoms with E-state index < -0.39 is 0 Å². The molecular formula is C14H18N2O3. The molecule has 102 valence electrons. The molecule has 0 spiro atoms. The van der Waals surface area contributed by atoms with E-state index in [1.54, 1.807) is 14.2 Å². The fourth-order valence-corrected chi connectivity index (χ4v) is 3.14. The third-order valence-electron chi connectivity index (χ3n) is 4.08. The molecule has 1 aromatic carbocycles. The van der Waals surface area contributed by atoms with Crippen LogP contribution in [0.5, 0.6) is 11.5 Å². The van der Waals surface area contributed by atoms with Crippen molar-refractivity contribution >= 4 is 5.91 Å². The first-order valence-corrected chi connectivity index (χ1v) is 6.49. The van der Waals surface area contributed by atoms with Gasteiger partial charge in [0.1, 0.15) is 5.66 Å². The molecule has 2 aliphatic rings. The number of nitrogens with one attached hydrogen (secondary N) is 1. The Morgan fingerprint density at radius 1 is 1.26 bits per heavy atom. The molecule has 0 unspecified atom stereocenters. The highest BCUT2D eigenvalue weighted by atomic mass is 16.5. The zero-order valence-corrected chi connectivity index (χ0v) is 11.2. The summed E-state index contributed by atoms with van der Waals surface area (Å²) in [6, 6.07) is 5.86. The number of benzene rings is 1. The number of nitrogens with zero attached hydrogens (tertiary/aromatic N) is 1. The number of carbonyl (C=O) groups is 1. The molecule has 1 N–H and O–H groups in total. The molecule has 1 amide bonds. The molecule has 19 heavy (non-hydrogen) atoms. The van der Waals surface area contributed by atoms with Gasteiger partial charge in [0.25, 0.3) is 0 Å². The van der Waals surface area contributed by atoms with Crippen molar-refractivity contribution < 1.29 is 14.3 Å². The Morgan fingerprint density at radius 3 is 2.79 bits per heavy atom. The number of ether oxygens (including phenoxy) is 2. The summed E-state index contributed by atoms with van der Waals surface area (Å²) in [6.45, 7) is 1.60. The minimum Gasteiger partial charge on any atom is -0.493 e. The van der Waals surface area contributed by atoms with Crippen molar-refractivity contribution in [3.05, 3.63) is 23.8 Å². The highest BCUT2D eigenvalue weighted by Gasteiger charge is 2.49. The zero-order chi connectivity index (χ0) is 13.5. The fourth-order valence-electron chi connectivity index (χ4n) is 3.14. The van der Waals surface area contributed by atoms with Gasteiger partial charge in [0.2, 0.25) is 5.91 Å². The van der Waals surface area contributed by atoms with Crippen LogP contribution in [-0.4, -0.2) is 38.1 Å². The Kier molecular flexibility index (Phi) is 2.86. The minimum atomic E-state index is -0.351. The van der Waals surface area contributed by atoms with E-state index in [0.717, 1.165) is 25.1 Å². The summed E-state index contributed by atoms with van der Waals surface area (Å²) in [6.07, 6.45) is 1.41. The predicted molar refractivity (Wildman–Crippen MR) is 70.2 cm³/mol. The van der Waals surface area contributed by atoms with Gasteiger partial charge < -0.3 is 14.4 Å². The first-order chi connectivity index (χ1) is 9.21. The van der Waals surface area contributed by atoms with E-state index in [9.17, 15) is 4.79 Å². The van der Waals surface area contributed by atoms with E-state index in [-0.39, 0.29) is 11.6 Å². The largest absolute Gasteiger partial charge is 0.493 e. The number of fused-ring (bicyclic) bond motifs is 1. The molecule has 2 heterocycles. The lowest BCUT2D eigenvalue weighted by Gasteiger charge is -2.32. The van der Waals surface area contributed by atoms with E-state index in [0.29, 0.717) is 17.9 Å². The van der Waals surface area contributed by atoms with Gasteiger partial charge in [-0.2, -0.15) is 0 Å². The Bertz CT molecular complexity index is 517. The molecule has 5 nitrogen and oxygen atoms in total. The summed E-state index contributed by atoms with van der Waals surface area (Å²) in [7, 11) is 3.24. The van der Waals surface area contributed by atoms with E-state index in [2.05, 4.69) is 5.32 Å². The third-order valence-corrected chi connectivity index (χ3v) is 4.08. The number of hydrogen-bond acceptors (Lipinski definition) is 4. The molecule has 0 saturated carbocycles. The molecule has 0 bridgehead atoms. The lowest BCUT2D eigenvalue weighted by molar-refractivity contribution is -0.130. The van der Waals surface area contributed by atoms with Crippen LogP contribution in [0, 0.1) is 0 Å².